The van der Waals surface area contributed by atoms with Crippen molar-refractivity contribution in [2.24, 2.45) is 0 Å². The van der Waals surface area contributed by atoms with Gasteiger partial charge >= 0.3 is 0 Å². The zero-order chi connectivity index (χ0) is 62.7. The molecule has 64 heavy (non-hydrogen) atoms. The molecule has 6 aromatic carbocycles. The third kappa shape index (κ3) is 9.18. The monoisotopic (exact) mass is 1040 g/mol. The van der Waals surface area contributed by atoms with Crippen LogP contribution in [0.15, 0.2) is 134 Å². The molecule has 0 aliphatic carbocycles. The number of phenolic OH excluding ortho intramolecular Hbond substituents is 1. The van der Waals surface area contributed by atoms with Crippen molar-refractivity contribution in [1.29, 1.82) is 0 Å². The average molecular weight is 1050 g/mol. The second-order valence-electron chi connectivity index (χ2n) is 18.2. The van der Waals surface area contributed by atoms with Crippen molar-refractivity contribution < 1.29 is 55.0 Å². The number of rotatable bonds is 6. The number of imidazole rings is 1. The first-order chi connectivity index (χ1) is 38.3. The fourth-order valence-corrected chi connectivity index (χ4v) is 7.81. The van der Waals surface area contributed by atoms with Crippen molar-refractivity contribution in [2.45, 2.75) is 111 Å². The van der Waals surface area contributed by atoms with Gasteiger partial charge in [-0.2, -0.15) is 0 Å². The second kappa shape index (κ2) is 17.1. The van der Waals surface area contributed by atoms with E-state index < -0.39 is 92.5 Å². The predicted octanol–water partition coefficient (Wildman–Crippen LogP) is 15.8. The minimum absolute atomic E-state index is 0. The standard InChI is InChI=1S/C59H62N3O.Pt/c1-37-30-46(26-27-47(37)39-18-15-14-16-19-39)62-52-21-17-20-48(53(52)61-55(62)49-35-45(58(8,9)10)36-50(54(49)63)59(11,12)13)41-31-42(33-44(32-41)57(5,6)7)51-34-40(28-29-60-51)38-22-24-43(25-23-38)56(2,3)4;/h14-30,32-36,63H,1-13H3;/q-1;/i1D3,8D3,9D3,10D3,11D3,12D3,13D3;. The summed E-state index contributed by atoms with van der Waals surface area (Å²) in [5.41, 5.74) is -6.56. The molecule has 0 aliphatic rings. The van der Waals surface area contributed by atoms with E-state index in [1.165, 1.54) is 28.8 Å². The van der Waals surface area contributed by atoms with Gasteiger partial charge in [0, 0.05) is 73.0 Å². The van der Waals surface area contributed by atoms with E-state index in [0.717, 1.165) is 22.3 Å². The molecule has 0 fully saturated rings. The summed E-state index contributed by atoms with van der Waals surface area (Å²) in [6.07, 6.45) is 1.68. The van der Waals surface area contributed by atoms with Crippen molar-refractivity contribution in [1.82, 2.24) is 14.5 Å². The Morgan fingerprint density at radius 1 is 0.562 bits per heavy atom. The van der Waals surface area contributed by atoms with Crippen LogP contribution in [-0.4, -0.2) is 19.6 Å². The Morgan fingerprint density at radius 3 is 1.92 bits per heavy atom. The third-order valence-electron chi connectivity index (χ3n) is 11.4. The van der Waals surface area contributed by atoms with Gasteiger partial charge in [-0.25, -0.2) is 4.98 Å². The van der Waals surface area contributed by atoms with E-state index >= 15 is 0 Å². The number of fused-ring (bicyclic) bond motifs is 1. The number of phenols is 1. The van der Waals surface area contributed by atoms with E-state index in [1.54, 1.807) is 48.7 Å². The minimum Gasteiger partial charge on any atom is -0.507 e. The van der Waals surface area contributed by atoms with Crippen LogP contribution in [0.3, 0.4) is 0 Å². The van der Waals surface area contributed by atoms with E-state index in [2.05, 4.69) is 39.0 Å². The molecule has 8 rings (SSSR count). The van der Waals surface area contributed by atoms with Crippen LogP contribution in [0, 0.1) is 12.9 Å². The Labute approximate surface area is 425 Å². The maximum absolute atomic E-state index is 12.9. The molecule has 0 radical (unpaired) electrons. The summed E-state index contributed by atoms with van der Waals surface area (Å²) in [5, 5.41) is 12.9. The van der Waals surface area contributed by atoms with Crippen LogP contribution in [0.1, 0.15) is 139 Å². The molecule has 4 nitrogen and oxygen atoms in total. The van der Waals surface area contributed by atoms with E-state index in [-0.39, 0.29) is 60.4 Å². The van der Waals surface area contributed by atoms with E-state index in [9.17, 15) is 5.11 Å². The zero-order valence-electron chi connectivity index (χ0n) is 57.3. The van der Waals surface area contributed by atoms with Gasteiger partial charge in [0.2, 0.25) is 0 Å². The summed E-state index contributed by atoms with van der Waals surface area (Å²) in [5.74, 6) is -2.05. The number of hydrogen-bond donors (Lipinski definition) is 1. The third-order valence-corrected chi connectivity index (χ3v) is 11.4. The molecular weight excluding hydrogens is 962 g/mol. The van der Waals surface area contributed by atoms with Crippen LogP contribution in [0.2, 0.25) is 0 Å². The first kappa shape index (κ1) is 26.4. The molecule has 0 saturated carbocycles. The Hall–Kier alpha value is -5.57. The largest absolute Gasteiger partial charge is 0.507 e. The number of benzene rings is 6. The summed E-state index contributed by atoms with van der Waals surface area (Å²) < 4.78 is 185. The maximum Gasteiger partial charge on any atom is 0.148 e. The zero-order valence-corrected chi connectivity index (χ0v) is 38.6. The molecule has 0 aliphatic heterocycles. The summed E-state index contributed by atoms with van der Waals surface area (Å²) in [4.78, 5) is 9.81. The van der Waals surface area contributed by atoms with Gasteiger partial charge in [-0.3, -0.25) is 9.55 Å². The number of aromatic nitrogens is 3. The number of nitrogens with zero attached hydrogens (tertiary/aromatic N) is 3. The predicted molar refractivity (Wildman–Crippen MR) is 266 cm³/mol. The first-order valence-corrected chi connectivity index (χ1v) is 20.5. The van der Waals surface area contributed by atoms with Gasteiger partial charge in [0.05, 0.1) is 16.6 Å². The molecule has 0 spiro atoms. The molecule has 0 bridgehead atoms. The van der Waals surface area contributed by atoms with E-state index in [1.807, 2.05) is 57.2 Å². The molecule has 0 unspecified atom stereocenters. The Morgan fingerprint density at radius 2 is 1.25 bits per heavy atom. The van der Waals surface area contributed by atoms with Crippen molar-refractivity contribution >= 4 is 11.0 Å². The normalized spacial score (nSPS) is 18.6. The SMILES string of the molecule is [2H]C([2H])([2H])c1cc(-n2c(-c3cc(C(C([2H])([2H])[2H])(C([2H])([2H])[2H])C([2H])([2H])[2H])cc(C(C([2H])([2H])[2H])(C([2H])([2H])[2H])C([2H])([2H])[2H])c3O)nc3c(-c4[c-]c(-c5cc(-c6ccc(C(C)(C)C)cc6)ccn5)cc(C(C)(C)C)c4)cccc32)ccc1-c1ccccc1.[Pt]. The molecule has 2 heterocycles. The molecule has 5 heteroatoms. The van der Waals surface area contributed by atoms with Crippen molar-refractivity contribution in [2.75, 3.05) is 0 Å². The van der Waals surface area contributed by atoms with Crippen molar-refractivity contribution in [3.8, 4) is 67.5 Å². The summed E-state index contributed by atoms with van der Waals surface area (Å²) in [6.45, 7) is -15.4. The molecule has 1 N–H and O–H groups in total. The number of pyridine rings is 1. The summed E-state index contributed by atoms with van der Waals surface area (Å²) in [7, 11) is 0. The topological polar surface area (TPSA) is 50.9 Å². The quantitative estimate of drug-likeness (QED) is 0.169. The van der Waals surface area contributed by atoms with Gasteiger partial charge < -0.3 is 5.11 Å². The molecular formula is C59H62N3OPt-. The second-order valence-corrected chi connectivity index (χ2v) is 18.2. The molecule has 0 atom stereocenters. The Balaban J connectivity index is 0.0000104. The average Bonchev–Trinajstić information content (AvgIpc) is 1.07. The molecule has 0 amide bonds. The number of para-hydroxylation sites is 1. The molecule has 2 aromatic heterocycles. The fourth-order valence-electron chi connectivity index (χ4n) is 7.81. The van der Waals surface area contributed by atoms with E-state index in [0.29, 0.717) is 34.0 Å². The number of hydrogen-bond acceptors (Lipinski definition) is 3. The maximum atomic E-state index is 12.9. The van der Waals surface area contributed by atoms with Gasteiger partial charge in [-0.1, -0.05) is 179 Å². The van der Waals surface area contributed by atoms with Crippen LogP contribution >= 0.6 is 0 Å². The summed E-state index contributed by atoms with van der Waals surface area (Å²) in [6, 6.07) is 37.8. The van der Waals surface area contributed by atoms with Crippen LogP contribution in [0.5, 0.6) is 5.75 Å². The van der Waals surface area contributed by atoms with Crippen LogP contribution in [0.25, 0.3) is 72.7 Å². The molecule has 8 aromatic rings. The van der Waals surface area contributed by atoms with Crippen LogP contribution in [0.4, 0.5) is 0 Å². The van der Waals surface area contributed by atoms with Gasteiger partial charge in [-0.15, -0.1) is 29.3 Å². The number of aromatic hydroxyl groups is 1. The van der Waals surface area contributed by atoms with Gasteiger partial charge in [-0.05, 0) is 97.8 Å². The Kier molecular flexibility index (Phi) is 7.05. The van der Waals surface area contributed by atoms with Crippen LogP contribution in [-0.2, 0) is 42.7 Å². The van der Waals surface area contributed by atoms with Crippen LogP contribution < -0.4 is 0 Å². The van der Waals surface area contributed by atoms with Gasteiger partial charge in [0.15, 0.2) is 0 Å². The van der Waals surface area contributed by atoms with Crippen molar-refractivity contribution in [3.05, 3.63) is 167 Å². The van der Waals surface area contributed by atoms with Gasteiger partial charge in [0.25, 0.3) is 0 Å². The molecule has 0 saturated heterocycles. The fraction of sp³-hybridized carbons (Fsp3) is 0.288. The first-order valence-electron chi connectivity index (χ1n) is 31.0. The Bertz CT molecular complexity index is 3710. The smallest absolute Gasteiger partial charge is 0.148 e. The number of aryl methyl sites for hydroxylation is 1. The summed E-state index contributed by atoms with van der Waals surface area (Å²) >= 11 is 0. The molecule has 330 valence electrons. The van der Waals surface area contributed by atoms with Crippen molar-refractivity contribution in [3.63, 3.8) is 0 Å². The van der Waals surface area contributed by atoms with Gasteiger partial charge in [0.1, 0.15) is 11.6 Å². The minimum atomic E-state index is -4.21. The van der Waals surface area contributed by atoms with E-state index in [4.69, 9.17) is 38.8 Å².